The monoisotopic (exact) mass is 282 g/mol. The average molecular weight is 282 g/mol. The Kier molecular flexibility index (Phi) is 7.26. The summed E-state index contributed by atoms with van der Waals surface area (Å²) < 4.78 is 14.4. The van der Waals surface area contributed by atoms with Crippen LogP contribution in [0.1, 0.15) is 5.56 Å². The zero-order valence-electron chi connectivity index (χ0n) is 11.2. The van der Waals surface area contributed by atoms with Crippen LogP contribution < -0.4 is 11.1 Å². The van der Waals surface area contributed by atoms with Crippen molar-refractivity contribution in [2.75, 3.05) is 20.5 Å². The molecule has 7 nitrogen and oxygen atoms in total. The standard InChI is InChI=1S/C13H18N2O5/c1-18-9-19-8-11(14)12(16)15-13(17)20-7-10-5-3-2-4-6-10/h2-6,11H,7-9,14H2,1H3,(H,15,16,17)/t11-/m0/s1. The fourth-order valence-electron chi connectivity index (χ4n) is 1.29. The summed E-state index contributed by atoms with van der Waals surface area (Å²) in [4.78, 5) is 22.9. The third-order valence-corrected chi connectivity index (χ3v) is 2.27. The maximum absolute atomic E-state index is 11.5. The van der Waals surface area contributed by atoms with Gasteiger partial charge in [0.05, 0.1) is 6.61 Å². The summed E-state index contributed by atoms with van der Waals surface area (Å²) in [7, 11) is 1.45. The van der Waals surface area contributed by atoms with Crippen molar-refractivity contribution in [3.05, 3.63) is 35.9 Å². The molecule has 0 fully saturated rings. The number of carbonyl (C=O) groups is 2. The Morgan fingerprint density at radius 2 is 2.00 bits per heavy atom. The third-order valence-electron chi connectivity index (χ3n) is 2.27. The van der Waals surface area contributed by atoms with Crippen molar-refractivity contribution in [3.63, 3.8) is 0 Å². The molecule has 0 spiro atoms. The summed E-state index contributed by atoms with van der Waals surface area (Å²) in [5.74, 6) is -0.667. The molecule has 0 aliphatic carbocycles. The van der Waals surface area contributed by atoms with E-state index in [1.165, 1.54) is 7.11 Å². The average Bonchev–Trinajstić information content (AvgIpc) is 2.46. The first-order valence-electron chi connectivity index (χ1n) is 5.97. The molecule has 3 N–H and O–H groups in total. The number of nitrogens with one attached hydrogen (secondary N) is 1. The first-order valence-corrected chi connectivity index (χ1v) is 5.97. The zero-order chi connectivity index (χ0) is 14.8. The molecule has 0 aliphatic heterocycles. The molecule has 20 heavy (non-hydrogen) atoms. The second-order valence-electron chi connectivity index (χ2n) is 3.93. The van der Waals surface area contributed by atoms with E-state index in [0.29, 0.717) is 0 Å². The number of hydrogen-bond acceptors (Lipinski definition) is 6. The number of carbonyl (C=O) groups excluding carboxylic acids is 2. The smallest absolute Gasteiger partial charge is 0.414 e. The van der Waals surface area contributed by atoms with Crippen LogP contribution in [0.4, 0.5) is 4.79 Å². The van der Waals surface area contributed by atoms with Crippen molar-refractivity contribution in [3.8, 4) is 0 Å². The van der Waals surface area contributed by atoms with Gasteiger partial charge in [-0.25, -0.2) is 4.79 Å². The lowest BCUT2D eigenvalue weighted by molar-refractivity contribution is -0.124. The molecule has 2 amide bonds. The largest absolute Gasteiger partial charge is 0.444 e. The molecule has 7 heteroatoms. The summed E-state index contributed by atoms with van der Waals surface area (Å²) in [6.45, 7) is 0.0560. The molecule has 0 unspecified atom stereocenters. The lowest BCUT2D eigenvalue weighted by atomic mass is 10.2. The molecule has 0 saturated heterocycles. The number of rotatable bonds is 7. The molecule has 0 aliphatic rings. The molecular weight excluding hydrogens is 264 g/mol. The Balaban J connectivity index is 2.25. The fourth-order valence-corrected chi connectivity index (χ4v) is 1.29. The van der Waals surface area contributed by atoms with Crippen molar-refractivity contribution in [2.24, 2.45) is 5.73 Å². The number of alkyl carbamates (subject to hydrolysis) is 1. The highest BCUT2D eigenvalue weighted by atomic mass is 16.7. The van der Waals surface area contributed by atoms with Gasteiger partial charge in [-0.1, -0.05) is 30.3 Å². The minimum atomic E-state index is -0.963. The van der Waals surface area contributed by atoms with Crippen LogP contribution in [0.5, 0.6) is 0 Å². The van der Waals surface area contributed by atoms with Crippen LogP contribution in [0.3, 0.4) is 0 Å². The second-order valence-corrected chi connectivity index (χ2v) is 3.93. The van der Waals surface area contributed by atoms with Crippen molar-refractivity contribution >= 4 is 12.0 Å². The van der Waals surface area contributed by atoms with Crippen LogP contribution >= 0.6 is 0 Å². The lowest BCUT2D eigenvalue weighted by Gasteiger charge is -2.11. The predicted molar refractivity (Wildman–Crippen MR) is 70.6 cm³/mol. The van der Waals surface area contributed by atoms with E-state index in [-0.39, 0.29) is 20.0 Å². The molecule has 1 aromatic rings. The molecule has 0 saturated carbocycles. The van der Waals surface area contributed by atoms with Gasteiger partial charge in [-0.2, -0.15) is 0 Å². The van der Waals surface area contributed by atoms with Gasteiger partial charge in [-0.05, 0) is 5.56 Å². The van der Waals surface area contributed by atoms with Crippen molar-refractivity contribution in [2.45, 2.75) is 12.6 Å². The molecule has 1 atom stereocenters. The molecule has 1 rings (SSSR count). The Hall–Kier alpha value is -1.96. The van der Waals surface area contributed by atoms with Crippen molar-refractivity contribution in [1.82, 2.24) is 5.32 Å². The van der Waals surface area contributed by atoms with Crippen LogP contribution in [-0.4, -0.2) is 38.6 Å². The van der Waals surface area contributed by atoms with E-state index in [2.05, 4.69) is 4.74 Å². The minimum Gasteiger partial charge on any atom is -0.444 e. The third kappa shape index (κ3) is 6.28. The van der Waals surface area contributed by atoms with Gasteiger partial charge in [-0.15, -0.1) is 0 Å². The number of benzene rings is 1. The van der Waals surface area contributed by atoms with E-state index < -0.39 is 18.0 Å². The van der Waals surface area contributed by atoms with Crippen LogP contribution in [0.15, 0.2) is 30.3 Å². The van der Waals surface area contributed by atoms with E-state index in [4.69, 9.17) is 15.2 Å². The SMILES string of the molecule is COCOC[C@H](N)C(=O)NC(=O)OCc1ccccc1. The summed E-state index contributed by atoms with van der Waals surface area (Å²) >= 11 is 0. The van der Waals surface area contributed by atoms with Crippen LogP contribution in [0.25, 0.3) is 0 Å². The van der Waals surface area contributed by atoms with Gasteiger partial charge < -0.3 is 19.9 Å². The van der Waals surface area contributed by atoms with Crippen LogP contribution in [0.2, 0.25) is 0 Å². The van der Waals surface area contributed by atoms with Gasteiger partial charge in [-0.3, -0.25) is 10.1 Å². The quantitative estimate of drug-likeness (QED) is 0.554. The van der Waals surface area contributed by atoms with E-state index in [0.717, 1.165) is 5.56 Å². The van der Waals surface area contributed by atoms with E-state index in [1.807, 2.05) is 23.5 Å². The van der Waals surface area contributed by atoms with Crippen LogP contribution in [-0.2, 0) is 25.6 Å². The topological polar surface area (TPSA) is 99.9 Å². The van der Waals surface area contributed by atoms with Gasteiger partial charge in [0.1, 0.15) is 19.4 Å². The number of imide groups is 1. The Morgan fingerprint density at radius 3 is 2.65 bits per heavy atom. The Morgan fingerprint density at radius 1 is 1.30 bits per heavy atom. The Bertz CT molecular complexity index is 424. The maximum atomic E-state index is 11.5. The van der Waals surface area contributed by atoms with Crippen molar-refractivity contribution < 1.29 is 23.8 Å². The van der Waals surface area contributed by atoms with Gasteiger partial charge in [0.2, 0.25) is 5.91 Å². The van der Waals surface area contributed by atoms with E-state index >= 15 is 0 Å². The normalized spacial score (nSPS) is 11.7. The van der Waals surface area contributed by atoms with E-state index in [9.17, 15) is 9.59 Å². The highest BCUT2D eigenvalue weighted by Crippen LogP contribution is 2.00. The van der Waals surface area contributed by atoms with Gasteiger partial charge in [0.25, 0.3) is 0 Å². The molecule has 0 radical (unpaired) electrons. The molecular formula is C13H18N2O5. The molecule has 0 aromatic heterocycles. The van der Waals surface area contributed by atoms with Crippen LogP contribution in [0, 0.1) is 0 Å². The number of hydrogen-bond donors (Lipinski definition) is 2. The summed E-state index contributed by atoms with van der Waals surface area (Å²) in [6, 6.07) is 8.15. The number of nitrogens with two attached hydrogens (primary N) is 1. The fraction of sp³-hybridized carbons (Fsp3) is 0.385. The summed E-state index contributed by atoms with van der Waals surface area (Å²) in [6.07, 6.45) is -0.846. The minimum absolute atomic E-state index is 0.0272. The molecule has 0 heterocycles. The summed E-state index contributed by atoms with van der Waals surface area (Å²) in [5.41, 5.74) is 6.34. The van der Waals surface area contributed by atoms with Gasteiger partial charge in [0, 0.05) is 7.11 Å². The summed E-state index contributed by atoms with van der Waals surface area (Å²) in [5, 5.41) is 2.03. The van der Waals surface area contributed by atoms with E-state index in [1.54, 1.807) is 12.1 Å². The number of ether oxygens (including phenoxy) is 3. The second kappa shape index (κ2) is 9.03. The van der Waals surface area contributed by atoms with Gasteiger partial charge in [0.15, 0.2) is 0 Å². The lowest BCUT2D eigenvalue weighted by Crippen LogP contribution is -2.46. The predicted octanol–water partition coefficient (Wildman–Crippen LogP) is 0.387. The molecule has 1 aromatic carbocycles. The number of amides is 2. The maximum Gasteiger partial charge on any atom is 0.414 e. The highest BCUT2D eigenvalue weighted by Gasteiger charge is 2.17. The molecule has 0 bridgehead atoms. The van der Waals surface area contributed by atoms with Gasteiger partial charge >= 0.3 is 6.09 Å². The first-order chi connectivity index (χ1) is 9.63. The zero-order valence-corrected chi connectivity index (χ0v) is 11.2. The molecule has 110 valence electrons. The van der Waals surface area contributed by atoms with Crippen molar-refractivity contribution in [1.29, 1.82) is 0 Å². The number of methoxy groups -OCH3 is 1. The highest BCUT2D eigenvalue weighted by molar-refractivity contribution is 5.94. The Labute approximate surface area is 117 Å². The first kappa shape index (κ1) is 16.1.